The van der Waals surface area contributed by atoms with Gasteiger partial charge < -0.3 is 25.1 Å². The number of carbonyl (C=O) groups excluding carboxylic acids is 4. The summed E-state index contributed by atoms with van der Waals surface area (Å²) in [6.45, 7) is 4.33. The summed E-state index contributed by atoms with van der Waals surface area (Å²) in [4.78, 5) is 52.4. The number of amides is 3. The highest BCUT2D eigenvalue weighted by molar-refractivity contribution is 6.35. The van der Waals surface area contributed by atoms with E-state index in [9.17, 15) is 19.2 Å². The smallest absolute Gasteiger partial charge is 0.266 e. The van der Waals surface area contributed by atoms with Crippen LogP contribution < -0.4 is 15.4 Å². The van der Waals surface area contributed by atoms with Crippen LogP contribution in [0.25, 0.3) is 0 Å². The fourth-order valence-corrected chi connectivity index (χ4v) is 6.11. The number of hydrogen-bond donors (Lipinski definition) is 2. The fraction of sp³-hybridized carbons (Fsp3) is 0.600. The van der Waals surface area contributed by atoms with E-state index >= 15 is 0 Å². The van der Waals surface area contributed by atoms with Crippen LogP contribution in [0.3, 0.4) is 0 Å². The molecule has 2 aliphatic heterocycles. The lowest BCUT2D eigenvalue weighted by Crippen LogP contribution is -2.57. The molecule has 4 rings (SSSR count). The zero-order chi connectivity index (χ0) is 25.3. The van der Waals surface area contributed by atoms with E-state index in [4.69, 9.17) is 27.9 Å². The van der Waals surface area contributed by atoms with E-state index in [-0.39, 0.29) is 46.9 Å². The predicted molar refractivity (Wildman–Crippen MR) is 131 cm³/mol. The van der Waals surface area contributed by atoms with Crippen molar-refractivity contribution < 1.29 is 23.9 Å². The van der Waals surface area contributed by atoms with Crippen molar-refractivity contribution in [2.45, 2.75) is 63.6 Å². The molecular weight excluding hydrogens is 493 g/mol. The van der Waals surface area contributed by atoms with Gasteiger partial charge in [-0.25, -0.2) is 0 Å². The highest BCUT2D eigenvalue weighted by atomic mass is 35.5. The number of aldehydes is 1. The van der Waals surface area contributed by atoms with E-state index in [1.807, 2.05) is 0 Å². The predicted octanol–water partition coefficient (Wildman–Crippen LogP) is 2.99. The monoisotopic (exact) mass is 523 g/mol. The molecule has 1 saturated carbocycles. The molecule has 190 valence electrons. The molecule has 1 aromatic rings. The number of fused-ring (bicyclic) bond motifs is 1. The van der Waals surface area contributed by atoms with Crippen LogP contribution >= 0.6 is 23.2 Å². The van der Waals surface area contributed by atoms with E-state index in [1.165, 1.54) is 0 Å². The maximum atomic E-state index is 13.7. The first-order valence-electron chi connectivity index (χ1n) is 12.1. The van der Waals surface area contributed by atoms with E-state index < -0.39 is 17.7 Å². The second kappa shape index (κ2) is 10.3. The van der Waals surface area contributed by atoms with Crippen LogP contribution in [-0.2, 0) is 19.2 Å². The highest BCUT2D eigenvalue weighted by Crippen LogP contribution is 2.43. The van der Waals surface area contributed by atoms with Gasteiger partial charge in [0.15, 0.2) is 5.60 Å². The SMILES string of the molecule is CC(C)(Oc1ccc(Cl)cc1Cl)C(=O)N1C[C@@H]2CCC[C@@H]2[C@H]1C(=O)N[C@H](C=O)C[C@@H]1CCNC1=O. The zero-order valence-electron chi connectivity index (χ0n) is 19.9. The molecule has 3 fully saturated rings. The fourth-order valence-electron chi connectivity index (χ4n) is 5.67. The molecule has 0 radical (unpaired) electrons. The van der Waals surface area contributed by atoms with Gasteiger partial charge >= 0.3 is 0 Å². The van der Waals surface area contributed by atoms with Crippen LogP contribution in [0.2, 0.25) is 10.0 Å². The number of rotatable bonds is 8. The van der Waals surface area contributed by atoms with Crippen LogP contribution in [0.4, 0.5) is 0 Å². The minimum absolute atomic E-state index is 0.0240. The summed E-state index contributed by atoms with van der Waals surface area (Å²) in [5, 5.41) is 6.31. The molecular formula is C25H31Cl2N3O5. The molecule has 0 unspecified atom stereocenters. The number of nitrogens with one attached hydrogen (secondary N) is 2. The third-order valence-corrected chi connectivity index (χ3v) is 7.92. The quantitative estimate of drug-likeness (QED) is 0.509. The van der Waals surface area contributed by atoms with Gasteiger partial charge in [0, 0.05) is 24.0 Å². The van der Waals surface area contributed by atoms with Gasteiger partial charge in [-0.1, -0.05) is 29.6 Å². The third kappa shape index (κ3) is 5.43. The van der Waals surface area contributed by atoms with E-state index in [0.717, 1.165) is 19.3 Å². The number of carbonyl (C=O) groups is 4. The maximum absolute atomic E-state index is 13.7. The van der Waals surface area contributed by atoms with Crippen molar-refractivity contribution in [3.05, 3.63) is 28.2 Å². The Labute approximate surface area is 215 Å². The molecule has 2 heterocycles. The van der Waals surface area contributed by atoms with Crippen molar-refractivity contribution in [3.8, 4) is 5.75 Å². The summed E-state index contributed by atoms with van der Waals surface area (Å²) in [6, 6.07) is 3.30. The van der Waals surface area contributed by atoms with Crippen molar-refractivity contribution >= 4 is 47.2 Å². The Bertz CT molecular complexity index is 1020. The first-order valence-corrected chi connectivity index (χ1v) is 12.8. The summed E-state index contributed by atoms with van der Waals surface area (Å²) in [5.41, 5.74) is -1.29. The molecule has 3 aliphatic rings. The number of halogens is 2. The Morgan fingerprint density at radius 2 is 2.06 bits per heavy atom. The molecule has 5 atom stereocenters. The van der Waals surface area contributed by atoms with E-state index in [0.29, 0.717) is 36.6 Å². The summed E-state index contributed by atoms with van der Waals surface area (Å²) >= 11 is 12.2. The number of nitrogens with zero attached hydrogens (tertiary/aromatic N) is 1. The number of benzene rings is 1. The molecule has 1 aliphatic carbocycles. The number of hydrogen-bond acceptors (Lipinski definition) is 5. The molecule has 0 spiro atoms. The Kier molecular flexibility index (Phi) is 7.62. The first-order chi connectivity index (χ1) is 16.6. The third-order valence-electron chi connectivity index (χ3n) is 7.39. The lowest BCUT2D eigenvalue weighted by Gasteiger charge is -2.34. The van der Waals surface area contributed by atoms with Gasteiger partial charge in [-0.15, -0.1) is 0 Å². The molecule has 3 amide bonds. The van der Waals surface area contributed by atoms with Crippen LogP contribution in [0.1, 0.15) is 46.0 Å². The van der Waals surface area contributed by atoms with Crippen molar-refractivity contribution in [2.75, 3.05) is 13.1 Å². The first kappa shape index (κ1) is 25.8. The van der Waals surface area contributed by atoms with Gasteiger partial charge in [0.2, 0.25) is 11.8 Å². The van der Waals surface area contributed by atoms with Crippen LogP contribution in [0.15, 0.2) is 18.2 Å². The minimum atomic E-state index is -1.29. The Hall–Kier alpha value is -2.32. The molecule has 10 heteroatoms. The van der Waals surface area contributed by atoms with Crippen LogP contribution in [-0.4, -0.2) is 59.7 Å². The van der Waals surface area contributed by atoms with Gasteiger partial charge in [0.25, 0.3) is 5.91 Å². The average molecular weight is 524 g/mol. The lowest BCUT2D eigenvalue weighted by atomic mass is 9.92. The van der Waals surface area contributed by atoms with Crippen molar-refractivity contribution in [3.63, 3.8) is 0 Å². The van der Waals surface area contributed by atoms with Crippen LogP contribution in [0.5, 0.6) is 5.75 Å². The zero-order valence-corrected chi connectivity index (χ0v) is 21.4. The Balaban J connectivity index is 1.50. The Morgan fingerprint density at radius 3 is 2.71 bits per heavy atom. The molecule has 0 aromatic heterocycles. The molecule has 1 aromatic carbocycles. The van der Waals surface area contributed by atoms with Crippen molar-refractivity contribution in [1.29, 1.82) is 0 Å². The average Bonchev–Trinajstić information content (AvgIpc) is 3.50. The van der Waals surface area contributed by atoms with E-state index in [2.05, 4.69) is 10.6 Å². The summed E-state index contributed by atoms with van der Waals surface area (Å²) in [6.07, 6.45) is 4.35. The van der Waals surface area contributed by atoms with Gasteiger partial charge in [0.1, 0.15) is 18.1 Å². The van der Waals surface area contributed by atoms with Gasteiger partial charge in [0.05, 0.1) is 11.1 Å². The normalized spacial score (nSPS) is 26.7. The molecule has 35 heavy (non-hydrogen) atoms. The summed E-state index contributed by atoms with van der Waals surface area (Å²) < 4.78 is 6.00. The largest absolute Gasteiger partial charge is 0.476 e. The maximum Gasteiger partial charge on any atom is 0.266 e. The van der Waals surface area contributed by atoms with Gasteiger partial charge in [-0.3, -0.25) is 14.4 Å². The van der Waals surface area contributed by atoms with Gasteiger partial charge in [-0.05, 0) is 69.6 Å². The van der Waals surface area contributed by atoms with Crippen molar-refractivity contribution in [2.24, 2.45) is 17.8 Å². The summed E-state index contributed by atoms with van der Waals surface area (Å²) in [5.74, 6) is -0.511. The Morgan fingerprint density at radius 1 is 1.29 bits per heavy atom. The van der Waals surface area contributed by atoms with E-state index in [1.54, 1.807) is 36.9 Å². The van der Waals surface area contributed by atoms with Gasteiger partial charge in [-0.2, -0.15) is 0 Å². The molecule has 8 nitrogen and oxygen atoms in total. The molecule has 2 saturated heterocycles. The number of ether oxygens (including phenoxy) is 1. The molecule has 0 bridgehead atoms. The van der Waals surface area contributed by atoms with Crippen molar-refractivity contribution in [1.82, 2.24) is 15.5 Å². The second-order valence-corrected chi connectivity index (χ2v) is 11.1. The lowest BCUT2D eigenvalue weighted by molar-refractivity contribution is -0.150. The topological polar surface area (TPSA) is 105 Å². The summed E-state index contributed by atoms with van der Waals surface area (Å²) in [7, 11) is 0. The minimum Gasteiger partial charge on any atom is -0.476 e. The van der Waals surface area contributed by atoms with Crippen LogP contribution in [0, 0.1) is 17.8 Å². The molecule has 2 N–H and O–H groups in total. The highest BCUT2D eigenvalue weighted by Gasteiger charge is 2.52. The second-order valence-electron chi connectivity index (χ2n) is 10.2. The number of likely N-dealkylation sites (tertiary alicyclic amines) is 1. The standard InChI is InChI=1S/C25H31Cl2N3O5/c1-25(2,35-20-7-6-16(26)11-19(20)27)24(34)30-12-15-4-3-5-18(15)21(30)23(33)29-17(13-31)10-14-8-9-28-22(14)32/h6-7,11,13-15,17-18,21H,3-5,8-10,12H2,1-2H3,(H,28,32)(H,29,33)/t14-,15-,17-,18-,21-/m0/s1.